The summed E-state index contributed by atoms with van der Waals surface area (Å²) in [4.78, 5) is 13.7. The first-order valence-electron chi connectivity index (χ1n) is 9.05. The van der Waals surface area contributed by atoms with Gasteiger partial charge in [0.05, 0.1) is 39.6 Å². The maximum atomic E-state index is 13.7. The van der Waals surface area contributed by atoms with Gasteiger partial charge in [-0.1, -0.05) is 0 Å². The molecule has 0 unspecified atom stereocenters. The topological polar surface area (TPSA) is 108 Å². The summed E-state index contributed by atoms with van der Waals surface area (Å²) >= 11 is 0. The predicted molar refractivity (Wildman–Crippen MR) is 105 cm³/mol. The van der Waals surface area contributed by atoms with Crippen LogP contribution in [0.25, 0.3) is 5.76 Å². The SMILES string of the molecule is COc1ccc2c(c1)OC13OP(=O)(OC2=C1C(=O)c1ccc(OC)c(OC)c1OC)O3. The second-order valence-electron chi connectivity index (χ2n) is 6.66. The summed E-state index contributed by atoms with van der Waals surface area (Å²) < 4.78 is 55.8. The molecule has 1 saturated heterocycles. The molecule has 3 bridgehead atoms. The minimum Gasteiger partial charge on any atom is -0.497 e. The van der Waals surface area contributed by atoms with Gasteiger partial charge >= 0.3 is 13.8 Å². The number of fused-ring (bicyclic) bond motifs is 1. The number of ether oxygens (including phenoxy) is 5. The number of Topliss-reactive ketones (excluding diaryl/α,β-unsaturated/α-hetero) is 1. The van der Waals surface area contributed by atoms with Gasteiger partial charge in [0.2, 0.25) is 11.5 Å². The van der Waals surface area contributed by atoms with Crippen molar-refractivity contribution in [3.63, 3.8) is 0 Å². The fourth-order valence-corrected chi connectivity index (χ4v) is 5.05. The molecule has 0 saturated carbocycles. The highest BCUT2D eigenvalue weighted by atomic mass is 31.2. The predicted octanol–water partition coefficient (Wildman–Crippen LogP) is 3.55. The molecule has 11 heteroatoms. The minimum absolute atomic E-state index is 0.0478. The molecule has 1 fully saturated rings. The Labute approximate surface area is 176 Å². The number of rotatable bonds is 6. The van der Waals surface area contributed by atoms with Crippen LogP contribution in [-0.2, 0) is 18.1 Å². The van der Waals surface area contributed by atoms with Crippen LogP contribution in [0.15, 0.2) is 35.9 Å². The Balaban J connectivity index is 1.71. The Bertz CT molecular complexity index is 1190. The van der Waals surface area contributed by atoms with Crippen LogP contribution >= 0.6 is 7.82 Å². The number of hydrogen-bond donors (Lipinski definition) is 0. The minimum atomic E-state index is -3.86. The summed E-state index contributed by atoms with van der Waals surface area (Å²) in [6, 6.07) is 7.94. The molecule has 1 spiro atoms. The maximum Gasteiger partial charge on any atom is 0.541 e. The van der Waals surface area contributed by atoms with Gasteiger partial charge in [0.25, 0.3) is 0 Å². The molecule has 10 nitrogen and oxygen atoms in total. The first kappa shape index (κ1) is 19.7. The summed E-state index contributed by atoms with van der Waals surface area (Å²) in [7, 11) is 1.93. The van der Waals surface area contributed by atoms with Crippen molar-refractivity contribution in [3.8, 4) is 28.7 Å². The highest BCUT2D eigenvalue weighted by molar-refractivity contribution is 7.50. The average molecular weight is 448 g/mol. The maximum absolute atomic E-state index is 13.7. The van der Waals surface area contributed by atoms with Crippen LogP contribution < -0.4 is 23.7 Å². The third-order valence-corrected chi connectivity index (χ3v) is 6.39. The molecule has 2 aromatic rings. The van der Waals surface area contributed by atoms with Gasteiger partial charge in [-0.2, -0.15) is 0 Å². The monoisotopic (exact) mass is 448 g/mol. The van der Waals surface area contributed by atoms with Gasteiger partial charge in [-0.15, -0.1) is 0 Å². The largest absolute Gasteiger partial charge is 0.541 e. The third-order valence-electron chi connectivity index (χ3n) is 5.05. The van der Waals surface area contributed by atoms with E-state index in [0.29, 0.717) is 17.1 Å². The Hall–Kier alpha value is -3.20. The van der Waals surface area contributed by atoms with Crippen molar-refractivity contribution in [2.75, 3.05) is 28.4 Å². The van der Waals surface area contributed by atoms with Gasteiger partial charge in [0.15, 0.2) is 17.3 Å². The Morgan fingerprint density at radius 3 is 2.32 bits per heavy atom. The van der Waals surface area contributed by atoms with E-state index in [1.807, 2.05) is 0 Å². The highest BCUT2D eigenvalue weighted by Crippen LogP contribution is 2.75. The highest BCUT2D eigenvalue weighted by Gasteiger charge is 2.72. The van der Waals surface area contributed by atoms with Gasteiger partial charge in [-0.05, 0) is 24.3 Å². The van der Waals surface area contributed by atoms with Gasteiger partial charge in [-0.3, -0.25) is 4.79 Å². The van der Waals surface area contributed by atoms with Crippen molar-refractivity contribution in [2.24, 2.45) is 0 Å². The van der Waals surface area contributed by atoms with Crippen LogP contribution in [0, 0.1) is 0 Å². The first-order chi connectivity index (χ1) is 14.9. The van der Waals surface area contributed by atoms with E-state index in [2.05, 4.69) is 0 Å². The first-order valence-corrected chi connectivity index (χ1v) is 10.5. The van der Waals surface area contributed by atoms with Crippen LogP contribution in [0.4, 0.5) is 0 Å². The number of phosphoric ester groups is 1. The quantitative estimate of drug-likeness (QED) is 0.481. The van der Waals surface area contributed by atoms with E-state index < -0.39 is 19.6 Å². The van der Waals surface area contributed by atoms with Crippen molar-refractivity contribution in [1.29, 1.82) is 0 Å². The number of methoxy groups -OCH3 is 4. The van der Waals surface area contributed by atoms with Crippen molar-refractivity contribution in [1.82, 2.24) is 0 Å². The molecule has 0 aromatic heterocycles. The van der Waals surface area contributed by atoms with Crippen molar-refractivity contribution >= 4 is 19.4 Å². The lowest BCUT2D eigenvalue weighted by Gasteiger charge is -2.50. The summed E-state index contributed by atoms with van der Waals surface area (Å²) in [5, 5.41) is 0. The van der Waals surface area contributed by atoms with Gasteiger partial charge in [0.1, 0.15) is 17.1 Å². The molecule has 0 atom stereocenters. The summed E-state index contributed by atoms with van der Waals surface area (Å²) in [6.07, 6.45) is 0. The van der Waals surface area contributed by atoms with Crippen LogP contribution in [0.5, 0.6) is 28.7 Å². The lowest BCUT2D eigenvalue weighted by atomic mass is 9.94. The van der Waals surface area contributed by atoms with Crippen LogP contribution in [0.3, 0.4) is 0 Å². The average Bonchev–Trinajstić information content (AvgIpc) is 2.75. The van der Waals surface area contributed by atoms with Crippen molar-refractivity contribution in [3.05, 3.63) is 47.0 Å². The van der Waals surface area contributed by atoms with Crippen molar-refractivity contribution in [2.45, 2.75) is 5.97 Å². The lowest BCUT2D eigenvalue weighted by molar-refractivity contribution is -0.308. The van der Waals surface area contributed by atoms with E-state index in [1.54, 1.807) is 24.3 Å². The Morgan fingerprint density at radius 1 is 0.935 bits per heavy atom. The zero-order valence-corrected chi connectivity index (χ0v) is 17.8. The zero-order chi connectivity index (χ0) is 22.0. The number of carbonyl (C=O) groups excluding carboxylic acids is 1. The zero-order valence-electron chi connectivity index (χ0n) is 16.9. The normalized spacial score (nSPS) is 24.8. The van der Waals surface area contributed by atoms with Crippen LogP contribution in [0.2, 0.25) is 0 Å². The molecular formula is C20H17O10P. The number of ketones is 1. The van der Waals surface area contributed by atoms with Crippen molar-refractivity contribution < 1.29 is 46.6 Å². The molecule has 0 amide bonds. The van der Waals surface area contributed by atoms with E-state index in [4.69, 9.17) is 37.3 Å². The van der Waals surface area contributed by atoms with E-state index in [0.717, 1.165) is 0 Å². The number of phosphoric acid groups is 1. The Morgan fingerprint density at radius 2 is 1.68 bits per heavy atom. The number of benzene rings is 2. The van der Waals surface area contributed by atoms with Gasteiger partial charge in [0, 0.05) is 6.07 Å². The van der Waals surface area contributed by atoms with Crippen LogP contribution in [0.1, 0.15) is 15.9 Å². The fraction of sp³-hybridized carbons (Fsp3) is 0.250. The summed E-state index contributed by atoms with van der Waals surface area (Å²) in [5.74, 6) is -1.00. The molecule has 4 heterocycles. The molecule has 4 aliphatic heterocycles. The van der Waals surface area contributed by atoms with Gasteiger partial charge in [-0.25, -0.2) is 13.6 Å². The second-order valence-corrected chi connectivity index (χ2v) is 8.10. The van der Waals surface area contributed by atoms with E-state index >= 15 is 0 Å². The molecular weight excluding hydrogens is 431 g/mol. The Kier molecular flexibility index (Phi) is 4.23. The van der Waals surface area contributed by atoms with Crippen LogP contribution in [-0.4, -0.2) is 40.2 Å². The molecule has 0 radical (unpaired) electrons. The van der Waals surface area contributed by atoms with E-state index in [9.17, 15) is 9.36 Å². The summed E-state index contributed by atoms with van der Waals surface area (Å²) in [6.45, 7) is 0. The fourth-order valence-electron chi connectivity index (χ4n) is 3.70. The molecule has 162 valence electrons. The smallest absolute Gasteiger partial charge is 0.497 e. The van der Waals surface area contributed by atoms with E-state index in [1.165, 1.54) is 34.5 Å². The molecule has 31 heavy (non-hydrogen) atoms. The molecule has 4 aliphatic rings. The van der Waals surface area contributed by atoms with Gasteiger partial charge < -0.3 is 28.2 Å². The second kappa shape index (κ2) is 6.65. The number of hydrogen-bond acceptors (Lipinski definition) is 10. The molecule has 0 aliphatic carbocycles. The van der Waals surface area contributed by atoms with E-state index in [-0.39, 0.29) is 34.1 Å². The molecule has 2 aromatic carbocycles. The standard InChI is InChI=1S/C20H17O10P/c1-23-10-5-6-11-14(9-10)27-20-15(17(11)28-31(22,29-20)30-20)16(21)12-7-8-13(24-2)19(26-4)18(12)25-3/h5-9H,1-4H3. The summed E-state index contributed by atoms with van der Waals surface area (Å²) in [5.41, 5.74) is 0.423. The lowest BCUT2D eigenvalue weighted by Crippen LogP contribution is -2.56. The molecule has 0 N–H and O–H groups in total. The number of carbonyl (C=O) groups is 1. The third kappa shape index (κ3) is 2.65. The molecule has 6 rings (SSSR count).